The molecule has 1 aliphatic rings. The summed E-state index contributed by atoms with van der Waals surface area (Å²) in [7, 11) is 0. The van der Waals surface area contributed by atoms with Crippen LogP contribution in [-0.2, 0) is 5.41 Å². The number of carbonyl (C=O) groups is 1. The minimum absolute atomic E-state index is 0.129. The first-order chi connectivity index (χ1) is 8.93. The van der Waals surface area contributed by atoms with Crippen LogP contribution >= 0.6 is 0 Å². The third kappa shape index (κ3) is 2.98. The SMILES string of the molecule is CCN(C(=O)c1ccc(C(C)(C)C)cc1)C1CNC1. The molecule has 0 aromatic heterocycles. The Morgan fingerprint density at radius 1 is 1.26 bits per heavy atom. The molecule has 1 aromatic rings. The first kappa shape index (κ1) is 14.1. The molecule has 0 spiro atoms. The van der Waals surface area contributed by atoms with Crippen LogP contribution in [0, 0.1) is 0 Å². The molecule has 0 aliphatic carbocycles. The lowest BCUT2D eigenvalue weighted by molar-refractivity contribution is 0.0630. The van der Waals surface area contributed by atoms with Gasteiger partial charge in [0.05, 0.1) is 6.04 Å². The molecule has 1 heterocycles. The normalized spacial score (nSPS) is 16.0. The van der Waals surface area contributed by atoms with Gasteiger partial charge in [0.1, 0.15) is 0 Å². The second kappa shape index (κ2) is 5.33. The van der Waals surface area contributed by atoms with Gasteiger partial charge in [0, 0.05) is 25.2 Å². The minimum atomic E-state index is 0.129. The van der Waals surface area contributed by atoms with E-state index in [-0.39, 0.29) is 11.3 Å². The van der Waals surface area contributed by atoms with E-state index in [9.17, 15) is 4.79 Å². The molecule has 3 heteroatoms. The highest BCUT2D eigenvalue weighted by Gasteiger charge is 2.28. The molecular formula is C16H24N2O. The van der Waals surface area contributed by atoms with Gasteiger partial charge < -0.3 is 10.2 Å². The monoisotopic (exact) mass is 260 g/mol. The van der Waals surface area contributed by atoms with Crippen LogP contribution < -0.4 is 5.32 Å². The predicted octanol–water partition coefficient (Wildman–Crippen LogP) is 2.42. The van der Waals surface area contributed by atoms with Gasteiger partial charge >= 0.3 is 0 Å². The Balaban J connectivity index is 2.14. The molecule has 2 rings (SSSR count). The van der Waals surface area contributed by atoms with Gasteiger partial charge in [-0.05, 0) is 30.0 Å². The number of likely N-dealkylation sites (N-methyl/N-ethyl adjacent to an activating group) is 1. The highest BCUT2D eigenvalue weighted by atomic mass is 16.2. The number of amides is 1. The number of rotatable bonds is 3. The summed E-state index contributed by atoms with van der Waals surface area (Å²) >= 11 is 0. The molecule has 0 bridgehead atoms. The summed E-state index contributed by atoms with van der Waals surface area (Å²) in [6, 6.07) is 8.41. The Morgan fingerprint density at radius 3 is 2.21 bits per heavy atom. The average molecular weight is 260 g/mol. The van der Waals surface area contributed by atoms with E-state index in [1.807, 2.05) is 24.0 Å². The molecule has 3 nitrogen and oxygen atoms in total. The van der Waals surface area contributed by atoms with E-state index in [1.165, 1.54) is 5.56 Å². The molecule has 1 fully saturated rings. The summed E-state index contributed by atoms with van der Waals surface area (Å²) in [4.78, 5) is 14.4. The fourth-order valence-electron chi connectivity index (χ4n) is 2.34. The van der Waals surface area contributed by atoms with Crippen molar-refractivity contribution in [2.75, 3.05) is 19.6 Å². The Labute approximate surface area is 116 Å². The summed E-state index contributed by atoms with van der Waals surface area (Å²) in [5.74, 6) is 0.148. The lowest BCUT2D eigenvalue weighted by atomic mass is 9.86. The van der Waals surface area contributed by atoms with Crippen LogP contribution in [-0.4, -0.2) is 36.5 Å². The molecule has 1 amide bonds. The van der Waals surface area contributed by atoms with E-state index in [1.54, 1.807) is 0 Å². The van der Waals surface area contributed by atoms with Gasteiger partial charge in [-0.2, -0.15) is 0 Å². The van der Waals surface area contributed by atoms with E-state index in [0.29, 0.717) is 6.04 Å². The molecule has 1 N–H and O–H groups in total. The lowest BCUT2D eigenvalue weighted by Crippen LogP contribution is -2.58. The Hall–Kier alpha value is -1.35. The number of nitrogens with zero attached hydrogens (tertiary/aromatic N) is 1. The minimum Gasteiger partial charge on any atom is -0.333 e. The molecule has 104 valence electrons. The van der Waals surface area contributed by atoms with Crippen LogP contribution in [0.4, 0.5) is 0 Å². The van der Waals surface area contributed by atoms with E-state index in [4.69, 9.17) is 0 Å². The van der Waals surface area contributed by atoms with Crippen LogP contribution in [0.15, 0.2) is 24.3 Å². The molecule has 0 saturated carbocycles. The van der Waals surface area contributed by atoms with Crippen molar-refractivity contribution in [3.8, 4) is 0 Å². The van der Waals surface area contributed by atoms with Crippen molar-refractivity contribution in [2.45, 2.75) is 39.2 Å². The average Bonchev–Trinajstić information content (AvgIpc) is 2.31. The van der Waals surface area contributed by atoms with Crippen molar-refractivity contribution in [1.29, 1.82) is 0 Å². The highest BCUT2D eigenvalue weighted by molar-refractivity contribution is 5.94. The first-order valence-corrected chi connectivity index (χ1v) is 7.05. The molecule has 1 saturated heterocycles. The number of benzene rings is 1. The quantitative estimate of drug-likeness (QED) is 0.905. The summed E-state index contributed by atoms with van der Waals surface area (Å²) in [5, 5.41) is 3.22. The third-order valence-electron chi connectivity index (χ3n) is 3.80. The molecule has 0 unspecified atom stereocenters. The predicted molar refractivity (Wildman–Crippen MR) is 78.5 cm³/mol. The zero-order valence-electron chi connectivity index (χ0n) is 12.4. The maximum atomic E-state index is 12.5. The Bertz CT molecular complexity index is 441. The van der Waals surface area contributed by atoms with Crippen LogP contribution in [0.2, 0.25) is 0 Å². The third-order valence-corrected chi connectivity index (χ3v) is 3.80. The van der Waals surface area contributed by atoms with E-state index >= 15 is 0 Å². The van der Waals surface area contributed by atoms with Gasteiger partial charge in [-0.25, -0.2) is 0 Å². The van der Waals surface area contributed by atoms with Crippen molar-refractivity contribution < 1.29 is 4.79 Å². The zero-order valence-corrected chi connectivity index (χ0v) is 12.4. The highest BCUT2D eigenvalue weighted by Crippen LogP contribution is 2.22. The van der Waals surface area contributed by atoms with Gasteiger partial charge in [-0.3, -0.25) is 4.79 Å². The largest absolute Gasteiger partial charge is 0.333 e. The topological polar surface area (TPSA) is 32.3 Å². The molecule has 0 atom stereocenters. The second-order valence-electron chi connectivity index (χ2n) is 6.23. The number of hydrogen-bond acceptors (Lipinski definition) is 2. The van der Waals surface area contributed by atoms with Crippen molar-refractivity contribution in [3.63, 3.8) is 0 Å². The van der Waals surface area contributed by atoms with Crippen molar-refractivity contribution >= 4 is 5.91 Å². The lowest BCUT2D eigenvalue weighted by Gasteiger charge is -2.37. The van der Waals surface area contributed by atoms with E-state index in [2.05, 4.69) is 38.2 Å². The zero-order chi connectivity index (χ0) is 14.0. The fourth-order valence-corrected chi connectivity index (χ4v) is 2.34. The second-order valence-corrected chi connectivity index (χ2v) is 6.23. The summed E-state index contributed by atoms with van der Waals surface area (Å²) in [5.41, 5.74) is 2.18. The van der Waals surface area contributed by atoms with Crippen molar-refractivity contribution in [3.05, 3.63) is 35.4 Å². The number of carbonyl (C=O) groups excluding carboxylic acids is 1. The molecular weight excluding hydrogens is 236 g/mol. The number of nitrogens with one attached hydrogen (secondary N) is 1. The standard InChI is InChI=1S/C16H24N2O/c1-5-18(14-10-17-11-14)15(19)12-6-8-13(9-7-12)16(2,3)4/h6-9,14,17H,5,10-11H2,1-4H3. The maximum absolute atomic E-state index is 12.5. The van der Waals surface area contributed by atoms with Crippen LogP contribution in [0.25, 0.3) is 0 Å². The summed E-state index contributed by atoms with van der Waals surface area (Å²) in [6.45, 7) is 11.2. The van der Waals surface area contributed by atoms with E-state index in [0.717, 1.165) is 25.2 Å². The number of hydrogen-bond donors (Lipinski definition) is 1. The molecule has 1 aliphatic heterocycles. The van der Waals surface area contributed by atoms with Crippen LogP contribution in [0.1, 0.15) is 43.6 Å². The Morgan fingerprint density at radius 2 is 1.84 bits per heavy atom. The van der Waals surface area contributed by atoms with Gasteiger partial charge in [-0.15, -0.1) is 0 Å². The van der Waals surface area contributed by atoms with Crippen molar-refractivity contribution in [2.24, 2.45) is 0 Å². The van der Waals surface area contributed by atoms with Crippen LogP contribution in [0.5, 0.6) is 0 Å². The maximum Gasteiger partial charge on any atom is 0.254 e. The fraction of sp³-hybridized carbons (Fsp3) is 0.562. The summed E-state index contributed by atoms with van der Waals surface area (Å²) < 4.78 is 0. The molecule has 1 aromatic carbocycles. The molecule has 0 radical (unpaired) electrons. The van der Waals surface area contributed by atoms with Crippen molar-refractivity contribution in [1.82, 2.24) is 10.2 Å². The first-order valence-electron chi connectivity index (χ1n) is 7.05. The van der Waals surface area contributed by atoms with Gasteiger partial charge in [-0.1, -0.05) is 32.9 Å². The van der Waals surface area contributed by atoms with Gasteiger partial charge in [0.15, 0.2) is 0 Å². The van der Waals surface area contributed by atoms with Crippen LogP contribution in [0.3, 0.4) is 0 Å². The molecule has 19 heavy (non-hydrogen) atoms. The van der Waals surface area contributed by atoms with Gasteiger partial charge in [0.2, 0.25) is 0 Å². The smallest absolute Gasteiger partial charge is 0.254 e. The Kier molecular flexibility index (Phi) is 3.95. The summed E-state index contributed by atoms with van der Waals surface area (Å²) in [6.07, 6.45) is 0. The van der Waals surface area contributed by atoms with Gasteiger partial charge in [0.25, 0.3) is 5.91 Å². The van der Waals surface area contributed by atoms with E-state index < -0.39 is 0 Å².